The third-order valence-electron chi connectivity index (χ3n) is 4.11. The van der Waals surface area contributed by atoms with Gasteiger partial charge in [0.1, 0.15) is 5.82 Å². The molecule has 0 fully saturated rings. The Morgan fingerprint density at radius 3 is 1.92 bits per heavy atom. The molecule has 0 radical (unpaired) electrons. The van der Waals surface area contributed by atoms with Gasteiger partial charge in [0.25, 0.3) is 0 Å². The summed E-state index contributed by atoms with van der Waals surface area (Å²) < 4.78 is 22.6. The molecule has 26 heavy (non-hydrogen) atoms. The largest absolute Gasteiger partial charge is 0.468 e. The van der Waals surface area contributed by atoms with Gasteiger partial charge in [-0.1, -0.05) is 30.3 Å². The van der Waals surface area contributed by atoms with Crippen molar-refractivity contribution in [2.75, 3.05) is 14.2 Å². The smallest absolute Gasteiger partial charge is 0.320 e. The summed E-state index contributed by atoms with van der Waals surface area (Å²) >= 11 is 0. The van der Waals surface area contributed by atoms with Crippen LogP contribution in [0.25, 0.3) is 0 Å². The number of carbonyl (C=O) groups is 3. The lowest BCUT2D eigenvalue weighted by Gasteiger charge is -2.23. The van der Waals surface area contributed by atoms with Crippen molar-refractivity contribution in [1.29, 1.82) is 0 Å². The van der Waals surface area contributed by atoms with Crippen LogP contribution in [0.3, 0.4) is 0 Å². The van der Waals surface area contributed by atoms with Gasteiger partial charge in [-0.2, -0.15) is 0 Å². The van der Waals surface area contributed by atoms with Crippen molar-refractivity contribution >= 4 is 17.7 Å². The van der Waals surface area contributed by atoms with Gasteiger partial charge in [0.2, 0.25) is 0 Å². The Balaban J connectivity index is 2.40. The summed E-state index contributed by atoms with van der Waals surface area (Å²) in [4.78, 5) is 37.1. The summed E-state index contributed by atoms with van der Waals surface area (Å²) in [6, 6.07) is 13.8. The Kier molecular flexibility index (Phi) is 6.60. The van der Waals surface area contributed by atoms with E-state index in [9.17, 15) is 18.8 Å². The highest BCUT2D eigenvalue weighted by molar-refractivity contribution is 6.00. The van der Waals surface area contributed by atoms with Crippen LogP contribution in [0.5, 0.6) is 0 Å². The molecule has 0 saturated heterocycles. The number of esters is 2. The molecular weight excluding hydrogens is 339 g/mol. The molecule has 2 aromatic rings. The van der Waals surface area contributed by atoms with Crippen molar-refractivity contribution in [2.24, 2.45) is 5.92 Å². The number of ether oxygens (including phenoxy) is 2. The molecule has 0 aliphatic carbocycles. The number of hydrogen-bond donors (Lipinski definition) is 0. The van der Waals surface area contributed by atoms with Crippen LogP contribution in [-0.2, 0) is 19.1 Å². The molecule has 0 heterocycles. The number of ketones is 1. The van der Waals surface area contributed by atoms with E-state index in [0.29, 0.717) is 11.1 Å². The van der Waals surface area contributed by atoms with Gasteiger partial charge in [0, 0.05) is 17.9 Å². The van der Waals surface area contributed by atoms with Crippen molar-refractivity contribution in [2.45, 2.75) is 12.3 Å². The molecule has 0 saturated carbocycles. The number of methoxy groups -OCH3 is 2. The van der Waals surface area contributed by atoms with Crippen molar-refractivity contribution in [3.63, 3.8) is 0 Å². The quantitative estimate of drug-likeness (QED) is 0.432. The Morgan fingerprint density at radius 2 is 1.42 bits per heavy atom. The van der Waals surface area contributed by atoms with Crippen LogP contribution < -0.4 is 0 Å². The maximum Gasteiger partial charge on any atom is 0.320 e. The van der Waals surface area contributed by atoms with Crippen LogP contribution in [-0.4, -0.2) is 31.9 Å². The van der Waals surface area contributed by atoms with Crippen LogP contribution >= 0.6 is 0 Å². The fraction of sp³-hybridized carbons (Fsp3) is 0.250. The highest BCUT2D eigenvalue weighted by Gasteiger charge is 2.39. The van der Waals surface area contributed by atoms with E-state index in [4.69, 9.17) is 9.47 Å². The van der Waals surface area contributed by atoms with Crippen LogP contribution in [0.1, 0.15) is 28.3 Å². The molecule has 0 spiro atoms. The zero-order valence-electron chi connectivity index (χ0n) is 14.5. The van der Waals surface area contributed by atoms with E-state index in [1.54, 1.807) is 30.3 Å². The van der Waals surface area contributed by atoms with Crippen LogP contribution in [0.4, 0.5) is 4.39 Å². The predicted octanol–water partition coefficient (Wildman–Crippen LogP) is 3.14. The average Bonchev–Trinajstić information content (AvgIpc) is 2.68. The first-order valence-corrected chi connectivity index (χ1v) is 7.97. The van der Waals surface area contributed by atoms with Gasteiger partial charge in [0.05, 0.1) is 14.2 Å². The SMILES string of the molecule is COC(=O)C(C(=O)OC)[C@H](CC(=O)c1ccc(F)cc1)c1ccccc1. The molecule has 0 bridgehead atoms. The van der Waals surface area contributed by atoms with Crippen LogP contribution in [0.2, 0.25) is 0 Å². The van der Waals surface area contributed by atoms with Gasteiger partial charge >= 0.3 is 11.9 Å². The van der Waals surface area contributed by atoms with Gasteiger partial charge in [-0.05, 0) is 29.8 Å². The fourth-order valence-corrected chi connectivity index (χ4v) is 2.76. The predicted molar refractivity (Wildman–Crippen MR) is 92.1 cm³/mol. The second-order valence-electron chi connectivity index (χ2n) is 5.68. The normalized spacial score (nSPS) is 11.7. The minimum Gasteiger partial charge on any atom is -0.468 e. The van der Waals surface area contributed by atoms with Gasteiger partial charge in [-0.3, -0.25) is 14.4 Å². The summed E-state index contributed by atoms with van der Waals surface area (Å²) in [5, 5.41) is 0. The summed E-state index contributed by atoms with van der Waals surface area (Å²) in [6.07, 6.45) is -0.134. The molecule has 0 amide bonds. The molecule has 0 N–H and O–H groups in total. The van der Waals surface area contributed by atoms with Crippen molar-refractivity contribution < 1.29 is 28.2 Å². The summed E-state index contributed by atoms with van der Waals surface area (Å²) in [6.45, 7) is 0. The van der Waals surface area contributed by atoms with E-state index < -0.39 is 29.6 Å². The molecule has 5 nitrogen and oxygen atoms in total. The summed E-state index contributed by atoms with van der Waals surface area (Å²) in [5.41, 5.74) is 0.921. The van der Waals surface area contributed by atoms with Gasteiger partial charge in [-0.15, -0.1) is 0 Å². The molecule has 6 heteroatoms. The Bertz CT molecular complexity index is 755. The zero-order chi connectivity index (χ0) is 19.1. The van der Waals surface area contributed by atoms with Gasteiger partial charge < -0.3 is 9.47 Å². The third-order valence-corrected chi connectivity index (χ3v) is 4.11. The maximum atomic E-state index is 13.1. The van der Waals surface area contributed by atoms with E-state index in [1.165, 1.54) is 38.5 Å². The number of benzene rings is 2. The topological polar surface area (TPSA) is 69.7 Å². The molecular formula is C20H19FO5. The van der Waals surface area contributed by atoms with E-state index in [2.05, 4.69) is 0 Å². The highest BCUT2D eigenvalue weighted by atomic mass is 19.1. The molecule has 0 unspecified atom stereocenters. The van der Waals surface area contributed by atoms with Gasteiger partial charge in [0.15, 0.2) is 11.7 Å². The van der Waals surface area contributed by atoms with E-state index in [1.807, 2.05) is 0 Å². The third kappa shape index (κ3) is 4.53. The number of halogens is 1. The van der Waals surface area contributed by atoms with Crippen molar-refractivity contribution in [3.05, 3.63) is 71.5 Å². The van der Waals surface area contributed by atoms with Crippen molar-refractivity contribution in [3.8, 4) is 0 Å². The molecule has 1 atom stereocenters. The van der Waals surface area contributed by atoms with E-state index >= 15 is 0 Å². The molecule has 2 rings (SSSR count). The zero-order valence-corrected chi connectivity index (χ0v) is 14.5. The molecule has 0 aromatic heterocycles. The van der Waals surface area contributed by atoms with Gasteiger partial charge in [-0.25, -0.2) is 4.39 Å². The van der Waals surface area contributed by atoms with E-state index in [-0.39, 0.29) is 12.2 Å². The highest BCUT2D eigenvalue weighted by Crippen LogP contribution is 2.31. The number of Topliss-reactive ketones (excluding diaryl/α,β-unsaturated/α-hetero) is 1. The van der Waals surface area contributed by atoms with Crippen molar-refractivity contribution in [1.82, 2.24) is 0 Å². The Morgan fingerprint density at radius 1 is 0.885 bits per heavy atom. The molecule has 0 aliphatic rings. The van der Waals surface area contributed by atoms with Crippen LogP contribution in [0.15, 0.2) is 54.6 Å². The second-order valence-corrected chi connectivity index (χ2v) is 5.68. The maximum absolute atomic E-state index is 13.1. The molecule has 2 aromatic carbocycles. The number of rotatable bonds is 7. The molecule has 136 valence electrons. The minimum atomic E-state index is -1.28. The lowest BCUT2D eigenvalue weighted by atomic mass is 9.81. The summed E-state index contributed by atoms with van der Waals surface area (Å²) in [7, 11) is 2.34. The number of hydrogen-bond acceptors (Lipinski definition) is 5. The Hall–Kier alpha value is -3.02. The standard InChI is InChI=1S/C20H19FO5/c1-25-19(23)18(20(24)26-2)16(13-6-4-3-5-7-13)12-17(22)14-8-10-15(21)11-9-14/h3-11,16,18H,12H2,1-2H3/t16-/m1/s1. The van der Waals surface area contributed by atoms with Crippen LogP contribution in [0, 0.1) is 11.7 Å². The first-order chi connectivity index (χ1) is 12.5. The van der Waals surface area contributed by atoms with E-state index in [0.717, 1.165) is 0 Å². The number of carbonyl (C=O) groups excluding carboxylic acids is 3. The Labute approximate surface area is 150 Å². The molecule has 0 aliphatic heterocycles. The second kappa shape index (κ2) is 8.89. The lowest BCUT2D eigenvalue weighted by Crippen LogP contribution is -2.33. The summed E-state index contributed by atoms with van der Waals surface area (Å²) in [5.74, 6) is -4.39. The first kappa shape index (κ1) is 19.3. The minimum absolute atomic E-state index is 0.134. The average molecular weight is 358 g/mol. The fourth-order valence-electron chi connectivity index (χ4n) is 2.76. The monoisotopic (exact) mass is 358 g/mol. The first-order valence-electron chi connectivity index (χ1n) is 7.97. The lowest BCUT2D eigenvalue weighted by molar-refractivity contribution is -0.159.